The van der Waals surface area contributed by atoms with Crippen LogP contribution in [0.1, 0.15) is 0 Å². The molecule has 0 heterocycles. The van der Waals surface area contributed by atoms with Gasteiger partial charge in [-0.05, 0) is 36.6 Å². The number of nitro benzene ring substituents is 1. The minimum absolute atomic E-state index is 0.0842. The predicted molar refractivity (Wildman–Crippen MR) is 99.8 cm³/mol. The van der Waals surface area contributed by atoms with Crippen LogP contribution in [-0.4, -0.2) is 43.4 Å². The van der Waals surface area contributed by atoms with Crippen molar-refractivity contribution in [1.82, 2.24) is 4.31 Å². The summed E-state index contributed by atoms with van der Waals surface area (Å²) in [4.78, 5) is 23.3. The summed E-state index contributed by atoms with van der Waals surface area (Å²) in [5.41, 5.74) is 0.0528. The Morgan fingerprint density at radius 3 is 2.46 bits per heavy atom. The molecule has 2 aromatic carbocycles. The van der Waals surface area contributed by atoms with Crippen LogP contribution in [-0.2, 0) is 14.8 Å². The summed E-state index contributed by atoms with van der Waals surface area (Å²) in [5.74, 6) is -0.600. The van der Waals surface area contributed by atoms with Gasteiger partial charge in [-0.2, -0.15) is 4.31 Å². The third-order valence-electron chi connectivity index (χ3n) is 3.47. The number of thioether (sulfide) groups is 1. The molecule has 0 saturated carbocycles. The first-order valence-corrected chi connectivity index (χ1v) is 10.0. The van der Waals surface area contributed by atoms with E-state index in [4.69, 9.17) is 0 Å². The van der Waals surface area contributed by atoms with Gasteiger partial charge in [-0.3, -0.25) is 14.9 Å². The summed E-state index contributed by atoms with van der Waals surface area (Å²) in [7, 11) is -2.52. The van der Waals surface area contributed by atoms with E-state index in [1.54, 1.807) is 12.1 Å². The van der Waals surface area contributed by atoms with Gasteiger partial charge in [0.2, 0.25) is 15.9 Å². The lowest BCUT2D eigenvalue weighted by Crippen LogP contribution is -2.34. The Kier molecular flexibility index (Phi) is 6.35. The van der Waals surface area contributed by atoms with Gasteiger partial charge >= 0.3 is 0 Å². The van der Waals surface area contributed by atoms with Crippen molar-refractivity contribution < 1.29 is 18.1 Å². The van der Waals surface area contributed by atoms with E-state index in [0.717, 1.165) is 9.20 Å². The van der Waals surface area contributed by atoms with Gasteiger partial charge < -0.3 is 5.32 Å². The van der Waals surface area contributed by atoms with Gasteiger partial charge in [0.05, 0.1) is 16.4 Å². The van der Waals surface area contributed by atoms with Crippen LogP contribution in [0.3, 0.4) is 0 Å². The maximum Gasteiger partial charge on any atom is 0.271 e. The van der Waals surface area contributed by atoms with E-state index in [9.17, 15) is 23.3 Å². The molecule has 0 aliphatic carbocycles. The number of benzene rings is 2. The molecule has 138 valence electrons. The molecule has 0 atom stereocenters. The molecular weight excluding hydrogens is 378 g/mol. The molecular formula is C16H17N3O5S2. The number of carbonyl (C=O) groups excluding carboxylic acids is 1. The molecule has 1 amide bonds. The summed E-state index contributed by atoms with van der Waals surface area (Å²) in [5, 5.41) is 13.2. The lowest BCUT2D eigenvalue weighted by molar-refractivity contribution is -0.384. The first-order valence-electron chi connectivity index (χ1n) is 7.39. The quantitative estimate of drug-likeness (QED) is 0.438. The zero-order chi connectivity index (χ0) is 19.3. The third kappa shape index (κ3) is 4.81. The Labute approximate surface area is 155 Å². The predicted octanol–water partition coefficient (Wildman–Crippen LogP) is 2.58. The molecule has 0 saturated heterocycles. The Morgan fingerprint density at radius 2 is 1.88 bits per heavy atom. The van der Waals surface area contributed by atoms with Crippen molar-refractivity contribution in [2.75, 3.05) is 25.2 Å². The smallest absolute Gasteiger partial charge is 0.271 e. The maximum atomic E-state index is 12.5. The van der Waals surface area contributed by atoms with Crippen molar-refractivity contribution >= 4 is 39.1 Å². The van der Waals surface area contributed by atoms with Crippen LogP contribution in [0.5, 0.6) is 0 Å². The Hall–Kier alpha value is -2.43. The van der Waals surface area contributed by atoms with Gasteiger partial charge in [-0.25, -0.2) is 8.42 Å². The Bertz CT molecular complexity index is 914. The van der Waals surface area contributed by atoms with E-state index >= 15 is 0 Å². The summed E-state index contributed by atoms with van der Waals surface area (Å²) >= 11 is 1.49. The molecule has 1 N–H and O–H groups in total. The van der Waals surface area contributed by atoms with E-state index in [2.05, 4.69) is 5.32 Å². The number of sulfonamides is 1. The molecule has 0 aliphatic heterocycles. The summed E-state index contributed by atoms with van der Waals surface area (Å²) in [6.45, 7) is -0.421. The van der Waals surface area contributed by atoms with E-state index in [-0.39, 0.29) is 16.3 Å². The normalized spacial score (nSPS) is 11.3. The van der Waals surface area contributed by atoms with Crippen LogP contribution in [0.2, 0.25) is 0 Å². The Morgan fingerprint density at radius 1 is 1.23 bits per heavy atom. The zero-order valence-corrected chi connectivity index (χ0v) is 15.7. The molecule has 2 aromatic rings. The molecule has 2 rings (SSSR count). The lowest BCUT2D eigenvalue weighted by Gasteiger charge is -2.17. The van der Waals surface area contributed by atoms with E-state index in [1.807, 2.05) is 6.26 Å². The Balaban J connectivity index is 2.07. The number of non-ortho nitro benzene ring substituents is 1. The number of rotatable bonds is 7. The molecule has 0 aliphatic rings. The van der Waals surface area contributed by atoms with E-state index in [1.165, 1.54) is 55.2 Å². The van der Waals surface area contributed by atoms with Gasteiger partial charge in [-0.1, -0.05) is 6.07 Å². The molecule has 0 aromatic heterocycles. The first kappa shape index (κ1) is 19.9. The number of nitrogens with one attached hydrogen (secondary N) is 1. The molecule has 0 spiro atoms. The van der Waals surface area contributed by atoms with Crippen molar-refractivity contribution in [3.63, 3.8) is 0 Å². The van der Waals surface area contributed by atoms with Gasteiger partial charge in [0.15, 0.2) is 0 Å². The maximum absolute atomic E-state index is 12.5. The van der Waals surface area contributed by atoms with Gasteiger partial charge in [0, 0.05) is 29.8 Å². The highest BCUT2D eigenvalue weighted by atomic mass is 32.2. The van der Waals surface area contributed by atoms with Crippen LogP contribution in [0.15, 0.2) is 58.3 Å². The monoisotopic (exact) mass is 395 g/mol. The highest BCUT2D eigenvalue weighted by Crippen LogP contribution is 2.20. The van der Waals surface area contributed by atoms with Crippen molar-refractivity contribution in [2.45, 2.75) is 9.79 Å². The van der Waals surface area contributed by atoms with Crippen LogP contribution in [0.25, 0.3) is 0 Å². The molecule has 26 heavy (non-hydrogen) atoms. The first-order chi connectivity index (χ1) is 12.2. The third-order valence-corrected chi connectivity index (χ3v) is 6.04. The van der Waals surface area contributed by atoms with Crippen molar-refractivity contribution in [3.05, 3.63) is 58.6 Å². The van der Waals surface area contributed by atoms with Crippen LogP contribution in [0, 0.1) is 10.1 Å². The largest absolute Gasteiger partial charge is 0.325 e. The second-order valence-electron chi connectivity index (χ2n) is 5.29. The molecule has 10 heteroatoms. The summed E-state index contributed by atoms with van der Waals surface area (Å²) < 4.78 is 26.0. The number of hydrogen-bond acceptors (Lipinski definition) is 6. The number of nitro groups is 1. The molecule has 8 nitrogen and oxygen atoms in total. The highest BCUT2D eigenvalue weighted by Gasteiger charge is 2.23. The second kappa shape index (κ2) is 8.30. The number of likely N-dealkylation sites (N-methyl/N-ethyl adjacent to an activating group) is 1. The van der Waals surface area contributed by atoms with Crippen LogP contribution < -0.4 is 5.32 Å². The standard InChI is InChI=1S/C16H17N3O5S2/c1-18(26(23,24)15-8-6-14(25-2)7-9-15)11-16(20)17-12-4-3-5-13(10-12)19(21)22/h3-10H,11H2,1-2H3,(H,17,20). The number of carbonyl (C=O) groups is 1. The fourth-order valence-corrected chi connectivity index (χ4v) is 3.65. The zero-order valence-electron chi connectivity index (χ0n) is 14.1. The number of hydrogen-bond donors (Lipinski definition) is 1. The van der Waals surface area contributed by atoms with Crippen molar-refractivity contribution in [3.8, 4) is 0 Å². The fraction of sp³-hybridized carbons (Fsp3) is 0.188. The van der Waals surface area contributed by atoms with Crippen molar-refractivity contribution in [1.29, 1.82) is 0 Å². The number of amides is 1. The molecule has 0 radical (unpaired) electrons. The van der Waals surface area contributed by atoms with E-state index in [0.29, 0.717) is 0 Å². The molecule has 0 unspecified atom stereocenters. The summed E-state index contributed by atoms with van der Waals surface area (Å²) in [6, 6.07) is 11.8. The van der Waals surface area contributed by atoms with Crippen LogP contribution >= 0.6 is 11.8 Å². The average molecular weight is 395 g/mol. The van der Waals surface area contributed by atoms with E-state index < -0.39 is 27.4 Å². The average Bonchev–Trinajstić information content (AvgIpc) is 2.61. The topological polar surface area (TPSA) is 110 Å². The van der Waals surface area contributed by atoms with Gasteiger partial charge in [0.25, 0.3) is 5.69 Å². The van der Waals surface area contributed by atoms with Crippen LogP contribution in [0.4, 0.5) is 11.4 Å². The minimum atomic E-state index is -3.82. The second-order valence-corrected chi connectivity index (χ2v) is 8.22. The minimum Gasteiger partial charge on any atom is -0.325 e. The molecule has 0 bridgehead atoms. The van der Waals surface area contributed by atoms with Crippen molar-refractivity contribution in [2.24, 2.45) is 0 Å². The fourth-order valence-electron chi connectivity index (χ4n) is 2.11. The lowest BCUT2D eigenvalue weighted by atomic mass is 10.3. The SMILES string of the molecule is CSc1ccc(S(=O)(=O)N(C)CC(=O)Nc2cccc([N+](=O)[O-])c2)cc1. The van der Waals surface area contributed by atoms with Gasteiger partial charge in [-0.15, -0.1) is 11.8 Å². The summed E-state index contributed by atoms with van der Waals surface area (Å²) in [6.07, 6.45) is 1.88. The highest BCUT2D eigenvalue weighted by molar-refractivity contribution is 7.98. The number of nitrogens with zero attached hydrogens (tertiary/aromatic N) is 2. The van der Waals surface area contributed by atoms with Gasteiger partial charge in [0.1, 0.15) is 0 Å². The molecule has 0 fully saturated rings. The number of anilines is 1.